The molecule has 1 aromatic heterocycles. The van der Waals surface area contributed by atoms with Gasteiger partial charge in [-0.3, -0.25) is 0 Å². The lowest BCUT2D eigenvalue weighted by Crippen LogP contribution is -1.97. The molecule has 0 aliphatic carbocycles. The maximum absolute atomic E-state index is 5.72. The second-order valence-electron chi connectivity index (χ2n) is 5.00. The topological polar surface area (TPSA) is 63.9 Å². The van der Waals surface area contributed by atoms with Gasteiger partial charge in [0, 0.05) is 11.8 Å². The monoisotopic (exact) mass is 267 g/mol. The van der Waals surface area contributed by atoms with Crippen LogP contribution in [0.1, 0.15) is 17.0 Å². The minimum absolute atomic E-state index is 0.399. The second-order valence-corrected chi connectivity index (χ2v) is 5.00. The van der Waals surface area contributed by atoms with Crippen LogP contribution < -0.4 is 10.5 Å². The van der Waals surface area contributed by atoms with Crippen molar-refractivity contribution in [3.05, 3.63) is 53.3 Å². The molecule has 3 rings (SSSR count). The van der Waals surface area contributed by atoms with Crippen LogP contribution in [0, 0.1) is 13.8 Å². The number of nitrogens with zero attached hydrogens (tertiary/aromatic N) is 1. The fourth-order valence-corrected chi connectivity index (χ4v) is 2.15. The normalized spacial score (nSPS) is 10.9. The van der Waals surface area contributed by atoms with E-state index in [0.717, 1.165) is 22.6 Å². The van der Waals surface area contributed by atoms with Crippen LogP contribution in [-0.4, -0.2) is 9.97 Å². The largest absolute Gasteiger partial charge is 0.486 e. The maximum atomic E-state index is 5.72. The summed E-state index contributed by atoms with van der Waals surface area (Å²) in [6, 6.07) is 11.6. The predicted octanol–water partition coefficient (Wildman–Crippen LogP) is 3.34. The number of hydrogen-bond acceptors (Lipinski definition) is 3. The van der Waals surface area contributed by atoms with Crippen molar-refractivity contribution in [3.8, 4) is 5.75 Å². The second kappa shape index (κ2) is 4.89. The van der Waals surface area contributed by atoms with Crippen molar-refractivity contribution < 1.29 is 4.74 Å². The number of hydrogen-bond donors (Lipinski definition) is 2. The molecule has 0 radical (unpaired) electrons. The smallest absolute Gasteiger partial charge is 0.146 e. The van der Waals surface area contributed by atoms with E-state index in [9.17, 15) is 0 Å². The van der Waals surface area contributed by atoms with Gasteiger partial charge in [0.05, 0.1) is 11.0 Å². The number of ether oxygens (including phenoxy) is 1. The standard InChI is InChI=1S/C16H17N3O/c1-10-6-14-15(7-11(10)2)19-16(18-14)9-20-13-5-3-4-12(17)8-13/h3-8H,9,17H2,1-2H3,(H,18,19). The Morgan fingerprint density at radius 3 is 2.75 bits per heavy atom. The molecule has 4 nitrogen and oxygen atoms in total. The summed E-state index contributed by atoms with van der Waals surface area (Å²) < 4.78 is 5.69. The van der Waals surface area contributed by atoms with Gasteiger partial charge in [-0.05, 0) is 49.2 Å². The van der Waals surface area contributed by atoms with E-state index in [1.54, 1.807) is 6.07 Å². The van der Waals surface area contributed by atoms with Gasteiger partial charge in [0.1, 0.15) is 18.2 Å². The van der Waals surface area contributed by atoms with E-state index < -0.39 is 0 Å². The van der Waals surface area contributed by atoms with Crippen LogP contribution in [0.2, 0.25) is 0 Å². The zero-order valence-corrected chi connectivity index (χ0v) is 11.6. The van der Waals surface area contributed by atoms with Gasteiger partial charge >= 0.3 is 0 Å². The average molecular weight is 267 g/mol. The summed E-state index contributed by atoms with van der Waals surface area (Å²) in [6.07, 6.45) is 0. The molecule has 0 spiro atoms. The van der Waals surface area contributed by atoms with E-state index in [2.05, 4.69) is 35.9 Å². The van der Waals surface area contributed by atoms with E-state index in [-0.39, 0.29) is 0 Å². The Hall–Kier alpha value is -2.49. The third-order valence-corrected chi connectivity index (χ3v) is 3.38. The molecule has 0 amide bonds. The number of anilines is 1. The number of nitrogen functional groups attached to an aromatic ring is 1. The minimum Gasteiger partial charge on any atom is -0.486 e. The van der Waals surface area contributed by atoms with E-state index >= 15 is 0 Å². The Morgan fingerprint density at radius 1 is 1.15 bits per heavy atom. The first-order valence-electron chi connectivity index (χ1n) is 6.56. The fourth-order valence-electron chi connectivity index (χ4n) is 2.15. The van der Waals surface area contributed by atoms with Crippen LogP contribution in [0.5, 0.6) is 5.75 Å². The van der Waals surface area contributed by atoms with Crippen molar-refractivity contribution in [3.63, 3.8) is 0 Å². The van der Waals surface area contributed by atoms with Gasteiger partial charge in [0.25, 0.3) is 0 Å². The SMILES string of the molecule is Cc1cc2nc(COc3cccc(N)c3)[nH]c2cc1C. The lowest BCUT2D eigenvalue weighted by molar-refractivity contribution is 0.297. The number of benzene rings is 2. The molecule has 4 heteroatoms. The quantitative estimate of drug-likeness (QED) is 0.715. The number of aromatic amines is 1. The Bertz CT molecular complexity index is 723. The van der Waals surface area contributed by atoms with E-state index in [1.165, 1.54) is 11.1 Å². The molecule has 0 atom stereocenters. The summed E-state index contributed by atoms with van der Waals surface area (Å²) in [5.41, 5.74) is 10.9. The molecule has 3 N–H and O–H groups in total. The summed E-state index contributed by atoms with van der Waals surface area (Å²) in [4.78, 5) is 7.82. The zero-order chi connectivity index (χ0) is 14.1. The van der Waals surface area contributed by atoms with Gasteiger partial charge in [0.15, 0.2) is 0 Å². The van der Waals surface area contributed by atoms with Crippen LogP contribution in [-0.2, 0) is 6.61 Å². The first-order valence-corrected chi connectivity index (χ1v) is 6.56. The molecule has 2 aromatic carbocycles. The third-order valence-electron chi connectivity index (χ3n) is 3.38. The van der Waals surface area contributed by atoms with Crippen LogP contribution in [0.4, 0.5) is 5.69 Å². The minimum atomic E-state index is 0.399. The van der Waals surface area contributed by atoms with Crippen molar-refractivity contribution in [2.45, 2.75) is 20.5 Å². The molecule has 102 valence electrons. The summed E-state index contributed by atoms with van der Waals surface area (Å²) >= 11 is 0. The number of aryl methyl sites for hydroxylation is 2. The fraction of sp³-hybridized carbons (Fsp3) is 0.188. The highest BCUT2D eigenvalue weighted by Crippen LogP contribution is 2.19. The summed E-state index contributed by atoms with van der Waals surface area (Å²) in [7, 11) is 0. The average Bonchev–Trinajstić information content (AvgIpc) is 2.79. The molecule has 20 heavy (non-hydrogen) atoms. The van der Waals surface area contributed by atoms with Crippen molar-refractivity contribution in [2.24, 2.45) is 0 Å². The summed E-state index contributed by atoms with van der Waals surface area (Å²) in [5.74, 6) is 1.56. The molecule has 0 saturated heterocycles. The van der Waals surface area contributed by atoms with Crippen molar-refractivity contribution in [1.29, 1.82) is 0 Å². The summed E-state index contributed by atoms with van der Waals surface area (Å²) in [5, 5.41) is 0. The Morgan fingerprint density at radius 2 is 1.95 bits per heavy atom. The molecule has 0 unspecified atom stereocenters. The number of nitrogens with two attached hydrogens (primary N) is 1. The number of aromatic nitrogens is 2. The molecule has 1 heterocycles. The van der Waals surface area contributed by atoms with Gasteiger partial charge in [-0.25, -0.2) is 4.98 Å². The molecule has 0 saturated carbocycles. The van der Waals surface area contributed by atoms with Crippen molar-refractivity contribution in [1.82, 2.24) is 9.97 Å². The highest BCUT2D eigenvalue weighted by Gasteiger charge is 2.05. The Labute approximate surface area is 117 Å². The third kappa shape index (κ3) is 2.45. The number of fused-ring (bicyclic) bond motifs is 1. The first kappa shape index (κ1) is 12.5. The molecule has 0 fully saturated rings. The van der Waals surface area contributed by atoms with Gasteiger partial charge in [-0.1, -0.05) is 6.07 Å². The van der Waals surface area contributed by atoms with Crippen LogP contribution in [0.15, 0.2) is 36.4 Å². The van der Waals surface area contributed by atoms with Crippen molar-refractivity contribution >= 4 is 16.7 Å². The maximum Gasteiger partial charge on any atom is 0.146 e. The predicted molar refractivity (Wildman–Crippen MR) is 80.8 cm³/mol. The van der Waals surface area contributed by atoms with Gasteiger partial charge in [-0.15, -0.1) is 0 Å². The van der Waals surface area contributed by atoms with Crippen LogP contribution in [0.25, 0.3) is 11.0 Å². The van der Waals surface area contributed by atoms with E-state index in [4.69, 9.17) is 10.5 Å². The lowest BCUT2D eigenvalue weighted by atomic mass is 10.1. The number of H-pyrrole nitrogens is 1. The van der Waals surface area contributed by atoms with E-state index in [0.29, 0.717) is 12.3 Å². The van der Waals surface area contributed by atoms with Gasteiger partial charge < -0.3 is 15.5 Å². The molecular weight excluding hydrogens is 250 g/mol. The van der Waals surface area contributed by atoms with Gasteiger partial charge in [0.2, 0.25) is 0 Å². The molecule has 0 aliphatic heterocycles. The lowest BCUT2D eigenvalue weighted by Gasteiger charge is -2.04. The molecule has 3 aromatic rings. The molecular formula is C16H17N3O. The zero-order valence-electron chi connectivity index (χ0n) is 11.6. The Kier molecular flexibility index (Phi) is 3.06. The number of rotatable bonds is 3. The highest BCUT2D eigenvalue weighted by atomic mass is 16.5. The van der Waals surface area contributed by atoms with Crippen LogP contribution >= 0.6 is 0 Å². The van der Waals surface area contributed by atoms with Crippen molar-refractivity contribution in [2.75, 3.05) is 5.73 Å². The summed E-state index contributed by atoms with van der Waals surface area (Å²) in [6.45, 7) is 4.58. The van der Waals surface area contributed by atoms with Crippen LogP contribution in [0.3, 0.4) is 0 Å². The molecule has 0 bridgehead atoms. The van der Waals surface area contributed by atoms with E-state index in [1.807, 2.05) is 18.2 Å². The number of imidazole rings is 1. The highest BCUT2D eigenvalue weighted by molar-refractivity contribution is 5.77. The number of nitrogens with one attached hydrogen (secondary N) is 1. The first-order chi connectivity index (χ1) is 9.61. The van der Waals surface area contributed by atoms with Gasteiger partial charge in [-0.2, -0.15) is 0 Å². The molecule has 0 aliphatic rings. The Balaban J connectivity index is 1.81.